The molecule has 4 rings (SSSR count). The monoisotopic (exact) mass is 499 g/mol. The number of alkyl carbamates (subject to hydrolysis) is 1. The molecule has 1 saturated heterocycles. The molecule has 0 radical (unpaired) electrons. The number of rotatable bonds is 6. The van der Waals surface area contributed by atoms with Gasteiger partial charge in [-0.1, -0.05) is 45.0 Å². The van der Waals surface area contributed by atoms with Crippen molar-refractivity contribution in [3.63, 3.8) is 0 Å². The third-order valence-corrected chi connectivity index (χ3v) is 8.12. The molecule has 0 spiro atoms. The van der Waals surface area contributed by atoms with Crippen molar-refractivity contribution in [2.45, 2.75) is 83.6 Å². The number of carbonyl (C=O) groups excluding carboxylic acids is 2. The van der Waals surface area contributed by atoms with E-state index in [1.54, 1.807) is 24.6 Å². The van der Waals surface area contributed by atoms with Crippen molar-refractivity contribution in [1.82, 2.24) is 15.2 Å². The maximum Gasteiger partial charge on any atom is 0.408 e. The Balaban J connectivity index is 1.51. The normalized spacial score (nSPS) is 23.9. The maximum absolute atomic E-state index is 13.8. The highest BCUT2D eigenvalue weighted by molar-refractivity contribution is 7.13. The third-order valence-electron chi connectivity index (χ3n) is 7.30. The standard InChI is InChI=1S/C27H37N3O4S/c1-18-16-27(33-5,20-12-10-19(11-13-20)23-28-14-15-35-23)17-30(18)24(31)22(26(2,3)4)29-25(32)34-21-8-6-7-9-21/h10-15,18,21-22H,6-9,16-17H2,1-5H3,(H,29,32)/t18?,22?,27-/m0/s1. The number of nitrogens with zero attached hydrogens (tertiary/aromatic N) is 2. The van der Waals surface area contributed by atoms with Crippen LogP contribution in [0.25, 0.3) is 10.6 Å². The predicted molar refractivity (Wildman–Crippen MR) is 137 cm³/mol. The Morgan fingerprint density at radius 3 is 2.46 bits per heavy atom. The molecule has 2 amide bonds. The van der Waals surface area contributed by atoms with E-state index in [0.29, 0.717) is 13.0 Å². The highest BCUT2D eigenvalue weighted by Gasteiger charge is 2.48. The number of benzene rings is 1. The van der Waals surface area contributed by atoms with Crippen LogP contribution >= 0.6 is 11.3 Å². The minimum absolute atomic E-state index is 0.0430. The number of hydrogen-bond donors (Lipinski definition) is 1. The van der Waals surface area contributed by atoms with E-state index in [-0.39, 0.29) is 18.1 Å². The lowest BCUT2D eigenvalue weighted by Gasteiger charge is -2.35. The van der Waals surface area contributed by atoms with Crippen LogP contribution in [0.15, 0.2) is 35.8 Å². The first-order valence-electron chi connectivity index (χ1n) is 12.5. The fraction of sp³-hybridized carbons (Fsp3) is 0.593. The maximum atomic E-state index is 13.8. The molecule has 1 aliphatic carbocycles. The van der Waals surface area contributed by atoms with Crippen molar-refractivity contribution in [3.05, 3.63) is 41.4 Å². The zero-order valence-corrected chi connectivity index (χ0v) is 22.2. The van der Waals surface area contributed by atoms with Crippen LogP contribution < -0.4 is 5.32 Å². The zero-order chi connectivity index (χ0) is 25.2. The first-order valence-corrected chi connectivity index (χ1v) is 13.3. The lowest BCUT2D eigenvalue weighted by Crippen LogP contribution is -2.56. The molecule has 2 heterocycles. The number of carbonyl (C=O) groups is 2. The first kappa shape index (κ1) is 25.6. The van der Waals surface area contributed by atoms with E-state index in [1.165, 1.54) is 0 Å². The summed E-state index contributed by atoms with van der Waals surface area (Å²) in [5, 5.41) is 5.83. The van der Waals surface area contributed by atoms with E-state index in [2.05, 4.69) is 34.6 Å². The Bertz CT molecular complexity index is 1010. The highest BCUT2D eigenvalue weighted by atomic mass is 32.1. The lowest BCUT2D eigenvalue weighted by molar-refractivity contribution is -0.137. The molecule has 1 N–H and O–H groups in total. The van der Waals surface area contributed by atoms with E-state index in [9.17, 15) is 9.59 Å². The summed E-state index contributed by atoms with van der Waals surface area (Å²) in [6, 6.07) is 7.52. The molecule has 0 bridgehead atoms. The molecular weight excluding hydrogens is 462 g/mol. The molecule has 190 valence electrons. The highest BCUT2D eigenvalue weighted by Crippen LogP contribution is 2.40. The van der Waals surface area contributed by atoms with Gasteiger partial charge in [0, 0.05) is 36.7 Å². The number of hydrogen-bond acceptors (Lipinski definition) is 6. The van der Waals surface area contributed by atoms with Gasteiger partial charge in [-0.2, -0.15) is 0 Å². The Morgan fingerprint density at radius 2 is 1.89 bits per heavy atom. The van der Waals surface area contributed by atoms with E-state index in [0.717, 1.165) is 41.8 Å². The molecule has 1 aromatic heterocycles. The van der Waals surface area contributed by atoms with Gasteiger partial charge in [-0.3, -0.25) is 4.79 Å². The van der Waals surface area contributed by atoms with Gasteiger partial charge in [-0.05, 0) is 43.6 Å². The second kappa shape index (κ2) is 10.3. The molecule has 2 fully saturated rings. The SMILES string of the molecule is CO[C@@]1(c2ccc(-c3nccs3)cc2)CC(C)N(C(=O)C(NC(=O)OC2CCCC2)C(C)(C)C)C1. The molecule has 7 nitrogen and oxygen atoms in total. The van der Waals surface area contributed by atoms with Gasteiger partial charge in [0.15, 0.2) is 0 Å². The zero-order valence-electron chi connectivity index (χ0n) is 21.4. The van der Waals surface area contributed by atoms with Crippen LogP contribution in [0.5, 0.6) is 0 Å². The summed E-state index contributed by atoms with van der Waals surface area (Å²) < 4.78 is 11.7. The van der Waals surface area contributed by atoms with Crippen LogP contribution in [0.3, 0.4) is 0 Å². The topological polar surface area (TPSA) is 80.8 Å². The van der Waals surface area contributed by atoms with Crippen molar-refractivity contribution in [3.8, 4) is 10.6 Å². The van der Waals surface area contributed by atoms with E-state index >= 15 is 0 Å². The molecule has 35 heavy (non-hydrogen) atoms. The van der Waals surface area contributed by atoms with Gasteiger partial charge in [0.05, 0.1) is 6.54 Å². The second-order valence-corrected chi connectivity index (χ2v) is 11.8. The van der Waals surface area contributed by atoms with Gasteiger partial charge in [0.1, 0.15) is 22.8 Å². The van der Waals surface area contributed by atoms with Gasteiger partial charge in [0.2, 0.25) is 5.91 Å². The summed E-state index contributed by atoms with van der Waals surface area (Å²) in [5.74, 6) is -0.105. The van der Waals surface area contributed by atoms with Crippen molar-refractivity contribution in [2.24, 2.45) is 5.41 Å². The fourth-order valence-electron chi connectivity index (χ4n) is 5.26. The number of likely N-dealkylation sites (tertiary alicyclic amines) is 1. The summed E-state index contributed by atoms with van der Waals surface area (Å²) in [4.78, 5) is 32.7. The minimum Gasteiger partial charge on any atom is -0.446 e. The Labute approximate surface area is 212 Å². The molecule has 2 aromatic rings. The lowest BCUT2D eigenvalue weighted by atomic mass is 9.85. The van der Waals surface area contributed by atoms with Crippen LogP contribution in [0.1, 0.15) is 65.4 Å². The largest absolute Gasteiger partial charge is 0.446 e. The summed E-state index contributed by atoms with van der Waals surface area (Å²) in [6.07, 6.45) is 5.86. The number of nitrogens with one attached hydrogen (secondary N) is 1. The Morgan fingerprint density at radius 1 is 1.20 bits per heavy atom. The number of ether oxygens (including phenoxy) is 2. The smallest absolute Gasteiger partial charge is 0.408 e. The van der Waals surface area contributed by atoms with Crippen molar-refractivity contribution >= 4 is 23.3 Å². The number of amides is 2. The van der Waals surface area contributed by atoms with Crippen LogP contribution in [0, 0.1) is 5.41 Å². The number of aromatic nitrogens is 1. The molecule has 1 aliphatic heterocycles. The molecule has 8 heteroatoms. The summed E-state index contributed by atoms with van der Waals surface area (Å²) >= 11 is 1.60. The molecule has 1 saturated carbocycles. The van der Waals surface area contributed by atoms with Crippen molar-refractivity contribution in [1.29, 1.82) is 0 Å². The van der Waals surface area contributed by atoms with Crippen molar-refractivity contribution in [2.75, 3.05) is 13.7 Å². The molecule has 1 aromatic carbocycles. The van der Waals surface area contributed by atoms with Gasteiger partial charge in [-0.15, -0.1) is 11.3 Å². The van der Waals surface area contributed by atoms with Gasteiger partial charge >= 0.3 is 6.09 Å². The molecule has 2 unspecified atom stereocenters. The number of thiazole rings is 1. The average Bonchev–Trinajstić information content (AvgIpc) is 3.58. The van der Waals surface area contributed by atoms with E-state index < -0.39 is 23.2 Å². The third kappa shape index (κ3) is 5.54. The Kier molecular flexibility index (Phi) is 7.52. The van der Waals surface area contributed by atoms with Gasteiger partial charge < -0.3 is 19.7 Å². The average molecular weight is 500 g/mol. The molecule has 3 atom stereocenters. The Hall–Kier alpha value is -2.45. The second-order valence-electron chi connectivity index (χ2n) is 10.9. The summed E-state index contributed by atoms with van der Waals surface area (Å²) in [5.41, 5.74) is 1.01. The van der Waals surface area contributed by atoms with Crippen molar-refractivity contribution < 1.29 is 19.1 Å². The minimum atomic E-state index is -0.696. The van der Waals surface area contributed by atoms with Crippen LogP contribution in [0.2, 0.25) is 0 Å². The van der Waals surface area contributed by atoms with Crippen LogP contribution in [0.4, 0.5) is 4.79 Å². The van der Waals surface area contributed by atoms with Crippen LogP contribution in [-0.4, -0.2) is 53.7 Å². The predicted octanol–water partition coefficient (Wildman–Crippen LogP) is 5.36. The van der Waals surface area contributed by atoms with Gasteiger partial charge in [-0.25, -0.2) is 9.78 Å². The summed E-state index contributed by atoms with van der Waals surface area (Å²) in [7, 11) is 1.70. The first-order chi connectivity index (χ1) is 16.6. The number of methoxy groups -OCH3 is 1. The van der Waals surface area contributed by atoms with Gasteiger partial charge in [0.25, 0.3) is 0 Å². The molecular formula is C27H37N3O4S. The fourth-order valence-corrected chi connectivity index (χ4v) is 5.90. The quantitative estimate of drug-likeness (QED) is 0.579. The van der Waals surface area contributed by atoms with Crippen LogP contribution in [-0.2, 0) is 19.9 Å². The van der Waals surface area contributed by atoms with E-state index in [1.807, 2.05) is 38.0 Å². The van der Waals surface area contributed by atoms with E-state index in [4.69, 9.17) is 9.47 Å². The summed E-state index contributed by atoms with van der Waals surface area (Å²) in [6.45, 7) is 8.36. The molecule has 2 aliphatic rings.